The molecular formula is C23H28N4O4. The Kier molecular flexibility index (Phi) is 6.27. The molecule has 8 heteroatoms. The van der Waals surface area contributed by atoms with Crippen LogP contribution in [0.5, 0.6) is 11.5 Å². The van der Waals surface area contributed by atoms with Crippen molar-refractivity contribution in [2.75, 3.05) is 39.2 Å². The summed E-state index contributed by atoms with van der Waals surface area (Å²) in [5, 5.41) is 2.92. The lowest BCUT2D eigenvalue weighted by atomic mass is 10.0. The molecule has 1 aliphatic heterocycles. The van der Waals surface area contributed by atoms with Crippen LogP contribution in [0.3, 0.4) is 0 Å². The summed E-state index contributed by atoms with van der Waals surface area (Å²) in [6.07, 6.45) is 2.18. The highest BCUT2D eigenvalue weighted by Gasteiger charge is 2.23. The molecule has 2 aromatic carbocycles. The molecule has 0 spiro atoms. The number of nitrogens with zero attached hydrogens (tertiary/aromatic N) is 2. The molecule has 2 N–H and O–H groups in total. The molecule has 1 aromatic heterocycles. The molecule has 0 atom stereocenters. The average molecular weight is 425 g/mol. The summed E-state index contributed by atoms with van der Waals surface area (Å²) < 4.78 is 12.4. The Labute approximate surface area is 180 Å². The van der Waals surface area contributed by atoms with Crippen molar-refractivity contribution in [2.24, 2.45) is 0 Å². The summed E-state index contributed by atoms with van der Waals surface area (Å²) in [5.74, 6) is 1.16. The number of amides is 1. The van der Waals surface area contributed by atoms with Gasteiger partial charge in [0.05, 0.1) is 25.3 Å². The molecule has 3 aromatic rings. The number of carbonyl (C=O) groups excluding carboxylic acids is 1. The smallest absolute Gasteiger partial charge is 0.326 e. The van der Waals surface area contributed by atoms with Crippen LogP contribution in [0, 0.1) is 0 Å². The second kappa shape index (κ2) is 9.26. The van der Waals surface area contributed by atoms with E-state index in [1.807, 2.05) is 28.8 Å². The number of methoxy groups -OCH3 is 2. The van der Waals surface area contributed by atoms with Crippen molar-refractivity contribution in [3.63, 3.8) is 0 Å². The molecule has 4 rings (SSSR count). The molecule has 0 saturated carbocycles. The summed E-state index contributed by atoms with van der Waals surface area (Å²) in [4.78, 5) is 30.0. The number of hydrogen-bond acceptors (Lipinski definition) is 5. The fourth-order valence-electron chi connectivity index (χ4n) is 4.24. The summed E-state index contributed by atoms with van der Waals surface area (Å²) >= 11 is 0. The van der Waals surface area contributed by atoms with Crippen LogP contribution in [0.15, 0.2) is 47.3 Å². The monoisotopic (exact) mass is 424 g/mol. The zero-order chi connectivity index (χ0) is 21.8. The minimum Gasteiger partial charge on any atom is -0.493 e. The quantitative estimate of drug-likeness (QED) is 0.609. The van der Waals surface area contributed by atoms with E-state index >= 15 is 0 Å². The third-order valence-corrected chi connectivity index (χ3v) is 5.87. The maximum absolute atomic E-state index is 12.4. The van der Waals surface area contributed by atoms with Gasteiger partial charge in [0.2, 0.25) is 5.91 Å². The van der Waals surface area contributed by atoms with E-state index in [1.54, 1.807) is 32.4 Å². The number of nitrogens with one attached hydrogen (secondary N) is 2. The molecular weight excluding hydrogens is 396 g/mol. The standard InChI is InChI=1S/C23H28N4O4/c1-30-20-8-7-16(15-21(20)31-2)24-22(28)11-14-26-12-9-17(10-13-26)27-19-6-4-3-5-18(19)25-23(27)29/h3-8,15,17H,9-14H2,1-2H3,(H,24,28)(H,25,29). The first kappa shape index (κ1) is 21.0. The average Bonchev–Trinajstić information content (AvgIpc) is 3.13. The molecule has 0 radical (unpaired) electrons. The Hall–Kier alpha value is -3.26. The molecule has 1 aliphatic rings. The Morgan fingerprint density at radius 1 is 1.10 bits per heavy atom. The highest BCUT2D eigenvalue weighted by molar-refractivity contribution is 5.91. The lowest BCUT2D eigenvalue weighted by molar-refractivity contribution is -0.116. The van der Waals surface area contributed by atoms with Crippen LogP contribution in [-0.4, -0.2) is 54.2 Å². The normalized spacial score (nSPS) is 15.2. The fourth-order valence-corrected chi connectivity index (χ4v) is 4.24. The van der Waals surface area contributed by atoms with Crippen molar-refractivity contribution in [3.05, 3.63) is 52.9 Å². The van der Waals surface area contributed by atoms with Crippen LogP contribution in [0.2, 0.25) is 0 Å². The Balaban J connectivity index is 1.29. The number of benzene rings is 2. The van der Waals surface area contributed by atoms with Crippen LogP contribution in [0.1, 0.15) is 25.3 Å². The Morgan fingerprint density at radius 2 is 1.84 bits per heavy atom. The van der Waals surface area contributed by atoms with Gasteiger partial charge in [0, 0.05) is 43.9 Å². The van der Waals surface area contributed by atoms with Gasteiger partial charge in [-0.3, -0.25) is 9.36 Å². The second-order valence-corrected chi connectivity index (χ2v) is 7.76. The molecule has 164 valence electrons. The van der Waals surface area contributed by atoms with Gasteiger partial charge >= 0.3 is 5.69 Å². The molecule has 31 heavy (non-hydrogen) atoms. The van der Waals surface area contributed by atoms with Gasteiger partial charge in [-0.05, 0) is 37.1 Å². The third kappa shape index (κ3) is 4.59. The first-order valence-electron chi connectivity index (χ1n) is 10.5. The largest absolute Gasteiger partial charge is 0.493 e. The summed E-state index contributed by atoms with van der Waals surface area (Å²) in [6.45, 7) is 2.41. The molecule has 1 fully saturated rings. The number of anilines is 1. The lowest BCUT2D eigenvalue weighted by Crippen LogP contribution is -2.38. The number of H-pyrrole nitrogens is 1. The number of ether oxygens (including phenoxy) is 2. The van der Waals surface area contributed by atoms with E-state index in [0.29, 0.717) is 30.2 Å². The van der Waals surface area contributed by atoms with Gasteiger partial charge in [-0.2, -0.15) is 0 Å². The maximum Gasteiger partial charge on any atom is 0.326 e. The number of fused-ring (bicyclic) bond motifs is 1. The van der Waals surface area contributed by atoms with Crippen molar-refractivity contribution in [1.29, 1.82) is 0 Å². The Morgan fingerprint density at radius 3 is 2.58 bits per heavy atom. The van der Waals surface area contributed by atoms with Crippen molar-refractivity contribution in [3.8, 4) is 11.5 Å². The lowest BCUT2D eigenvalue weighted by Gasteiger charge is -2.32. The molecule has 0 aliphatic carbocycles. The van der Waals surface area contributed by atoms with E-state index < -0.39 is 0 Å². The minimum atomic E-state index is -0.0473. The van der Waals surface area contributed by atoms with Crippen LogP contribution >= 0.6 is 0 Å². The molecule has 8 nitrogen and oxygen atoms in total. The number of piperidine rings is 1. The van der Waals surface area contributed by atoms with Gasteiger partial charge in [-0.15, -0.1) is 0 Å². The zero-order valence-electron chi connectivity index (χ0n) is 17.9. The summed E-state index contributed by atoms with van der Waals surface area (Å²) in [6, 6.07) is 13.3. The van der Waals surface area contributed by atoms with E-state index in [4.69, 9.17) is 9.47 Å². The van der Waals surface area contributed by atoms with Crippen LogP contribution < -0.4 is 20.5 Å². The molecule has 0 bridgehead atoms. The highest BCUT2D eigenvalue weighted by Crippen LogP contribution is 2.30. The van der Waals surface area contributed by atoms with Gasteiger partial charge in [0.1, 0.15) is 0 Å². The van der Waals surface area contributed by atoms with E-state index in [0.717, 1.165) is 37.0 Å². The van der Waals surface area contributed by atoms with Gasteiger partial charge in [-0.25, -0.2) is 4.79 Å². The van der Waals surface area contributed by atoms with Crippen molar-refractivity contribution in [2.45, 2.75) is 25.3 Å². The van der Waals surface area contributed by atoms with Crippen molar-refractivity contribution < 1.29 is 14.3 Å². The van der Waals surface area contributed by atoms with Crippen molar-refractivity contribution in [1.82, 2.24) is 14.5 Å². The van der Waals surface area contributed by atoms with Gasteiger partial charge in [0.25, 0.3) is 0 Å². The second-order valence-electron chi connectivity index (χ2n) is 7.76. The van der Waals surface area contributed by atoms with E-state index in [9.17, 15) is 9.59 Å². The predicted octanol–water partition coefficient (Wildman–Crippen LogP) is 3.01. The van der Waals surface area contributed by atoms with E-state index in [-0.39, 0.29) is 17.6 Å². The summed E-state index contributed by atoms with van der Waals surface area (Å²) in [7, 11) is 3.14. The molecule has 1 amide bonds. The number of carbonyl (C=O) groups is 1. The summed E-state index contributed by atoms with van der Waals surface area (Å²) in [5.41, 5.74) is 2.47. The SMILES string of the molecule is COc1ccc(NC(=O)CCN2CCC(n3c(=O)[nH]c4ccccc43)CC2)cc1OC. The number of likely N-dealkylation sites (tertiary alicyclic amines) is 1. The molecule has 1 saturated heterocycles. The molecule has 0 unspecified atom stereocenters. The third-order valence-electron chi connectivity index (χ3n) is 5.87. The number of aromatic amines is 1. The van der Waals surface area contributed by atoms with Crippen LogP contribution in [0.4, 0.5) is 5.69 Å². The van der Waals surface area contributed by atoms with Gasteiger partial charge < -0.3 is 24.7 Å². The highest BCUT2D eigenvalue weighted by atomic mass is 16.5. The maximum atomic E-state index is 12.4. The first-order valence-corrected chi connectivity index (χ1v) is 10.5. The number of rotatable bonds is 7. The number of hydrogen-bond donors (Lipinski definition) is 2. The van der Waals surface area contributed by atoms with Crippen LogP contribution in [0.25, 0.3) is 11.0 Å². The fraction of sp³-hybridized carbons (Fsp3) is 0.391. The minimum absolute atomic E-state index is 0.0396. The van der Waals surface area contributed by atoms with Crippen molar-refractivity contribution >= 4 is 22.6 Å². The number of para-hydroxylation sites is 2. The zero-order valence-corrected chi connectivity index (χ0v) is 17.9. The first-order chi connectivity index (χ1) is 15.1. The van der Waals surface area contributed by atoms with Gasteiger partial charge in [-0.1, -0.05) is 12.1 Å². The van der Waals surface area contributed by atoms with Gasteiger partial charge in [0.15, 0.2) is 11.5 Å². The number of aromatic nitrogens is 2. The van der Waals surface area contributed by atoms with E-state index in [2.05, 4.69) is 15.2 Å². The molecule has 2 heterocycles. The Bertz CT molecular complexity index is 1110. The topological polar surface area (TPSA) is 88.6 Å². The van der Waals surface area contributed by atoms with E-state index in [1.165, 1.54) is 0 Å². The van der Waals surface area contributed by atoms with Crippen LogP contribution in [-0.2, 0) is 4.79 Å². The number of imidazole rings is 1. The predicted molar refractivity (Wildman–Crippen MR) is 120 cm³/mol.